The van der Waals surface area contributed by atoms with Crippen molar-refractivity contribution in [1.29, 1.82) is 0 Å². The van der Waals surface area contributed by atoms with Gasteiger partial charge in [0.05, 0.1) is 7.11 Å². The third kappa shape index (κ3) is 8.27. The number of methoxy groups -OCH3 is 1. The molecule has 1 unspecified atom stereocenters. The van der Waals surface area contributed by atoms with Crippen LogP contribution in [0.4, 0.5) is 4.79 Å². The van der Waals surface area contributed by atoms with Crippen LogP contribution >= 0.6 is 0 Å². The predicted octanol–water partition coefficient (Wildman–Crippen LogP) is 4.00. The van der Waals surface area contributed by atoms with Gasteiger partial charge in [0.2, 0.25) is 0 Å². The normalized spacial score (nSPS) is 13.6. The molecule has 2 aromatic rings. The van der Waals surface area contributed by atoms with E-state index in [0.29, 0.717) is 6.73 Å². The van der Waals surface area contributed by atoms with Crippen molar-refractivity contribution in [1.82, 2.24) is 15.1 Å². The van der Waals surface area contributed by atoms with Crippen LogP contribution in [0.5, 0.6) is 0 Å². The molecule has 1 amide bonds. The number of esters is 1. The predicted molar refractivity (Wildman–Crippen MR) is 129 cm³/mol. The molecule has 2 rings (SSSR count). The molecule has 0 aliphatic rings. The Morgan fingerprint density at radius 3 is 2.50 bits per heavy atom. The molecule has 1 heterocycles. The maximum absolute atomic E-state index is 12.3. The smallest absolute Gasteiger partial charge is 0.444 e. The van der Waals surface area contributed by atoms with Gasteiger partial charge < -0.3 is 9.47 Å². The number of carbonyl (C=O) groups excluding carboxylic acids is 2. The first-order valence-corrected chi connectivity index (χ1v) is 15.5. The number of benzene rings is 1. The number of hydrogen-bond acceptors (Lipinski definition) is 6. The van der Waals surface area contributed by atoms with Crippen molar-refractivity contribution in [2.75, 3.05) is 13.7 Å². The number of carbonyl (C=O) groups is 2. The number of aromatic nitrogens is 2. The van der Waals surface area contributed by atoms with Gasteiger partial charge in [-0.2, -0.15) is 0 Å². The van der Waals surface area contributed by atoms with Gasteiger partial charge >= 0.3 is 139 Å². The minimum atomic E-state index is -1.40. The van der Waals surface area contributed by atoms with Crippen molar-refractivity contribution in [3.05, 3.63) is 29.5 Å². The first-order chi connectivity index (χ1) is 14.8. The van der Waals surface area contributed by atoms with Gasteiger partial charge in [0, 0.05) is 0 Å². The first-order valence-electron chi connectivity index (χ1n) is 11.2. The van der Waals surface area contributed by atoms with Crippen molar-refractivity contribution in [2.24, 2.45) is 0 Å². The van der Waals surface area contributed by atoms with Crippen LogP contribution in [-0.2, 0) is 32.2 Å². The van der Waals surface area contributed by atoms with Crippen LogP contribution in [0.25, 0.3) is 10.9 Å². The summed E-state index contributed by atoms with van der Waals surface area (Å²) in [6.45, 7) is 15.5. The maximum atomic E-state index is 12.3. The second-order valence-electron chi connectivity index (χ2n) is 10.7. The van der Waals surface area contributed by atoms with E-state index in [9.17, 15) is 9.59 Å². The molecule has 8 nitrogen and oxygen atoms in total. The van der Waals surface area contributed by atoms with E-state index >= 15 is 0 Å². The molecule has 0 spiro atoms. The topological polar surface area (TPSA) is 91.7 Å². The zero-order valence-electron chi connectivity index (χ0n) is 20.7. The quantitative estimate of drug-likeness (QED) is 0.343. The molecule has 0 aliphatic carbocycles. The second-order valence-corrected chi connectivity index (χ2v) is 17.2. The Morgan fingerprint density at radius 1 is 1.22 bits per heavy atom. The van der Waals surface area contributed by atoms with Crippen LogP contribution in [0.1, 0.15) is 31.9 Å². The summed E-state index contributed by atoms with van der Waals surface area (Å²) in [6, 6.07) is 4.23. The van der Waals surface area contributed by atoms with Gasteiger partial charge in [-0.1, -0.05) is 0 Å². The van der Waals surface area contributed by atoms with Crippen LogP contribution in [0.3, 0.4) is 0 Å². The molecular formula is C23H38N3O5Si-. The van der Waals surface area contributed by atoms with E-state index in [0.717, 1.165) is 34.7 Å². The average molecular weight is 465 g/mol. The fraction of sp³-hybridized carbons (Fsp3) is 0.609. The molecule has 180 valence electrons. The molecule has 1 aromatic heterocycles. The summed E-state index contributed by atoms with van der Waals surface area (Å²) in [6.07, 6.45) is 1.56. The molecule has 1 aromatic carbocycles. The van der Waals surface area contributed by atoms with Crippen LogP contribution in [0, 0.1) is 6.92 Å². The van der Waals surface area contributed by atoms with E-state index in [1.54, 1.807) is 25.5 Å². The minimum absolute atomic E-state index is 0.279. The van der Waals surface area contributed by atoms with E-state index in [2.05, 4.69) is 30.1 Å². The number of rotatable bonds is 9. The van der Waals surface area contributed by atoms with Crippen molar-refractivity contribution >= 4 is 31.0 Å². The Balaban J connectivity index is 2.12. The molecule has 0 saturated carbocycles. The second kappa shape index (κ2) is 10.5. The summed E-state index contributed by atoms with van der Waals surface area (Å²) in [5, 5.41) is 8.20. The van der Waals surface area contributed by atoms with Gasteiger partial charge in [-0.3, -0.25) is 0 Å². The number of amides is 1. The number of alkyl carbamates (subject to hydrolysis) is 1. The zero-order chi connectivity index (χ0) is 24.1. The fourth-order valence-electron chi connectivity index (χ4n) is 3.24. The van der Waals surface area contributed by atoms with E-state index in [4.69, 9.17) is 14.2 Å². The zero-order valence-corrected chi connectivity index (χ0v) is 21.8. The van der Waals surface area contributed by atoms with Crippen LogP contribution in [0.2, 0.25) is 25.7 Å². The molecule has 0 saturated heterocycles. The molecule has 32 heavy (non-hydrogen) atoms. The third-order valence-electron chi connectivity index (χ3n) is 4.87. The summed E-state index contributed by atoms with van der Waals surface area (Å²) in [5.41, 5.74) is 2.11. The number of nitrogens with one attached hydrogen (secondary N) is 1. The van der Waals surface area contributed by atoms with Crippen molar-refractivity contribution in [3.63, 3.8) is 0 Å². The molecule has 1 N–H and O–H groups in total. The first kappa shape index (κ1) is 25.9. The Kier molecular flexibility index (Phi) is 8.47. The number of nitrogens with zero attached hydrogens (tertiary/aromatic N) is 2. The van der Waals surface area contributed by atoms with E-state index in [1.807, 2.05) is 25.3 Å². The average Bonchev–Trinajstić information content (AvgIpc) is 3.05. The van der Waals surface area contributed by atoms with Gasteiger partial charge in [0.25, 0.3) is 0 Å². The molecular weight excluding hydrogens is 426 g/mol. The third-order valence-corrected chi connectivity index (χ3v) is 6.84. The van der Waals surface area contributed by atoms with Crippen molar-refractivity contribution < 1.29 is 23.8 Å². The Morgan fingerprint density at radius 2 is 1.91 bits per heavy atom. The summed E-state index contributed by atoms with van der Waals surface area (Å²) >= 11 is 0. The standard InChI is InChI=1S/C23H38N3O5Si/c1-16-11-17(13-19(21(27)29-5)24-22(28)31-23(2,3)4)12-18-14-26(25-20(16)18)15-30-9-10-32(6,7)8/h11-12,14,19,32H,9-10,13,15H2,1-8H3,(H,24,28)/q-1. The molecule has 9 heteroatoms. The Bertz CT molecular complexity index is 943. The molecule has 0 bridgehead atoms. The Labute approximate surface area is 191 Å². The van der Waals surface area contributed by atoms with Gasteiger partial charge in [0.1, 0.15) is 5.60 Å². The minimum Gasteiger partial charge on any atom is -0.444 e. The van der Waals surface area contributed by atoms with Crippen LogP contribution in [-0.4, -0.2) is 55.3 Å². The van der Waals surface area contributed by atoms with E-state index < -0.39 is 31.8 Å². The van der Waals surface area contributed by atoms with Gasteiger partial charge in [0.15, 0.2) is 0 Å². The summed E-state index contributed by atoms with van der Waals surface area (Å²) in [7, 11) is -0.101. The molecule has 1 atom stereocenters. The van der Waals surface area contributed by atoms with Gasteiger partial charge in [-0.15, -0.1) is 0 Å². The number of ether oxygens (including phenoxy) is 3. The molecule has 0 fully saturated rings. The monoisotopic (exact) mass is 464 g/mol. The Hall–Kier alpha value is -2.39. The van der Waals surface area contributed by atoms with E-state index in [-0.39, 0.29) is 6.42 Å². The van der Waals surface area contributed by atoms with Crippen molar-refractivity contribution in [3.8, 4) is 0 Å². The van der Waals surface area contributed by atoms with Crippen LogP contribution < -0.4 is 5.32 Å². The van der Waals surface area contributed by atoms with E-state index in [1.165, 1.54) is 7.11 Å². The summed E-state index contributed by atoms with van der Waals surface area (Å²) in [5.74, 6) is -0.527. The fourth-order valence-corrected chi connectivity index (χ4v) is 4.11. The molecule has 0 radical (unpaired) electrons. The summed E-state index contributed by atoms with van der Waals surface area (Å²) in [4.78, 5) is 24.4. The summed E-state index contributed by atoms with van der Waals surface area (Å²) < 4.78 is 17.8. The number of aryl methyl sites for hydroxylation is 1. The van der Waals surface area contributed by atoms with Crippen molar-refractivity contribution in [2.45, 2.75) is 78.2 Å². The SMILES string of the molecule is COC(=O)C(Cc1cc(C)c2nn(COCC[SiH-](C)(C)C)cc2c1)NC(=O)OC(C)(C)C. The van der Waals surface area contributed by atoms with Gasteiger partial charge in [-0.05, 0) is 20.8 Å². The van der Waals surface area contributed by atoms with Crippen LogP contribution in [0.15, 0.2) is 18.3 Å². The number of hydrogen-bond donors (Lipinski definition) is 1. The van der Waals surface area contributed by atoms with Gasteiger partial charge in [-0.25, -0.2) is 9.59 Å². The molecule has 0 aliphatic heterocycles. The number of fused-ring (bicyclic) bond motifs is 1.